The second-order valence-corrected chi connectivity index (χ2v) is 2.79. The van der Waals surface area contributed by atoms with Gasteiger partial charge in [-0.15, -0.1) is 0 Å². The molecule has 1 rings (SSSR count). The summed E-state index contributed by atoms with van der Waals surface area (Å²) in [6.45, 7) is 0.312. The normalized spacial score (nSPS) is 8.80. The Labute approximate surface area is 81.6 Å². The zero-order chi connectivity index (χ0) is 10.4. The number of hydrogen-bond donors (Lipinski definition) is 2. The number of carboxylic acid groups (broad SMARTS) is 1. The molecule has 1 aromatic rings. The van der Waals surface area contributed by atoms with Crippen molar-refractivity contribution in [2.75, 3.05) is 0 Å². The molecule has 1 aromatic carbocycles. The van der Waals surface area contributed by atoms with Crippen LogP contribution in [0.25, 0.3) is 0 Å². The third kappa shape index (κ3) is 3.59. The molecule has 0 bridgehead atoms. The van der Waals surface area contributed by atoms with Gasteiger partial charge in [0.2, 0.25) is 0 Å². The molecule has 2 N–H and O–H groups in total. The number of amides is 1. The third-order valence-electron chi connectivity index (χ3n) is 1.81. The largest absolute Gasteiger partial charge is 0.526 e. The molecule has 1 amide bonds. The summed E-state index contributed by atoms with van der Waals surface area (Å²) >= 11 is 0. The van der Waals surface area contributed by atoms with E-state index >= 15 is 0 Å². The Morgan fingerprint density at radius 3 is 2.47 bits per heavy atom. The van der Waals surface area contributed by atoms with E-state index in [1.165, 1.54) is 0 Å². The molecule has 0 saturated carbocycles. The van der Waals surface area contributed by atoms with Crippen LogP contribution in [0.5, 0.6) is 0 Å². The summed E-state index contributed by atoms with van der Waals surface area (Å²) in [5.74, 6) is -0.882. The number of carboxylic acids is 1. The number of carbonyl (C=O) groups is 1. The fraction of sp³-hybridized carbons (Fsp3) is 0.200. The van der Waals surface area contributed by atoms with Crippen LogP contribution in [0.1, 0.15) is 11.1 Å². The second kappa shape index (κ2) is 5.75. The Balaban J connectivity index is 0.00000196. The first-order chi connectivity index (χ1) is 6.74. The SMILES string of the molecule is O=[C-]NCc1ccccc1CC(=O)O.[Fm]. The molecule has 0 radical (unpaired) electrons. The minimum atomic E-state index is -0.882. The molecule has 0 aromatic heterocycles. The molecular weight excluding hydrogens is 439 g/mol. The average Bonchev–Trinajstić information content (AvgIpc) is 2.16. The van der Waals surface area contributed by atoms with E-state index in [-0.39, 0.29) is 6.42 Å². The van der Waals surface area contributed by atoms with Crippen LogP contribution in [-0.4, -0.2) is 17.5 Å². The van der Waals surface area contributed by atoms with Gasteiger partial charge >= 0.3 is 5.97 Å². The van der Waals surface area contributed by atoms with Gasteiger partial charge in [0.1, 0.15) is 0 Å². The summed E-state index contributed by atoms with van der Waals surface area (Å²) in [5.41, 5.74) is 1.51. The van der Waals surface area contributed by atoms with E-state index in [9.17, 15) is 9.59 Å². The molecule has 0 aliphatic heterocycles. The zero-order valence-electron chi connectivity index (χ0n) is 7.78. The van der Waals surface area contributed by atoms with Gasteiger partial charge in [-0.1, -0.05) is 24.3 Å². The third-order valence-corrected chi connectivity index (χ3v) is 1.81. The van der Waals surface area contributed by atoms with Crippen LogP contribution in [0.3, 0.4) is 0 Å². The van der Waals surface area contributed by atoms with E-state index < -0.39 is 5.97 Å². The van der Waals surface area contributed by atoms with E-state index in [1.807, 2.05) is 0 Å². The molecule has 0 fully saturated rings. The van der Waals surface area contributed by atoms with Crippen LogP contribution in [-0.2, 0) is 22.6 Å². The summed E-state index contributed by atoms with van der Waals surface area (Å²) in [5, 5.41) is 11.0. The van der Waals surface area contributed by atoms with Crippen molar-refractivity contribution >= 4 is 12.4 Å². The summed E-state index contributed by atoms with van der Waals surface area (Å²) in [6.07, 6.45) is 1.52. The monoisotopic (exact) mass is 449 g/mol. The van der Waals surface area contributed by atoms with Gasteiger partial charge in [0, 0.05) is 6.54 Å². The maximum absolute atomic E-state index is 10.5. The molecule has 0 saturated heterocycles. The molecule has 5 heteroatoms. The second-order valence-electron chi connectivity index (χ2n) is 2.79. The molecular formula is C10H10FmNO3-. The number of hydrogen-bond acceptors (Lipinski definition) is 2. The number of aliphatic carboxylic acids is 1. The van der Waals surface area contributed by atoms with Gasteiger partial charge in [-0.3, -0.25) is 4.79 Å². The maximum atomic E-state index is 10.5. The van der Waals surface area contributed by atoms with E-state index in [0.29, 0.717) is 12.1 Å². The summed E-state index contributed by atoms with van der Waals surface area (Å²) in [6, 6.07) is 7.08. The summed E-state index contributed by atoms with van der Waals surface area (Å²) < 4.78 is 0. The fourth-order valence-corrected chi connectivity index (χ4v) is 1.20. The molecule has 4 nitrogen and oxygen atoms in total. The van der Waals surface area contributed by atoms with Crippen molar-refractivity contribution in [3.63, 3.8) is 0 Å². The zero-order valence-corrected chi connectivity index (χ0v) is 10.2. The van der Waals surface area contributed by atoms with Crippen molar-refractivity contribution in [1.29, 1.82) is 0 Å². The minimum absolute atomic E-state index is 0. The first-order valence-electron chi connectivity index (χ1n) is 4.12. The van der Waals surface area contributed by atoms with E-state index in [0.717, 1.165) is 5.56 Å². The Bertz CT molecular complexity index is 341. The van der Waals surface area contributed by atoms with E-state index in [2.05, 4.69) is 5.32 Å². The number of rotatable bonds is 5. The van der Waals surface area contributed by atoms with Crippen molar-refractivity contribution in [2.45, 2.75) is 13.0 Å². The van der Waals surface area contributed by atoms with Crippen LogP contribution in [0.15, 0.2) is 24.3 Å². The van der Waals surface area contributed by atoms with Gasteiger partial charge in [-0.25, -0.2) is 0 Å². The van der Waals surface area contributed by atoms with Gasteiger partial charge in [-0.05, 0) is 11.1 Å². The fourth-order valence-electron chi connectivity index (χ4n) is 1.20. The molecule has 0 heterocycles. The summed E-state index contributed by atoms with van der Waals surface area (Å²) in [7, 11) is 0. The molecule has 15 heavy (non-hydrogen) atoms. The quantitative estimate of drug-likeness (QED) is 0.508. The van der Waals surface area contributed by atoms with Gasteiger partial charge in [-0.2, -0.15) is 6.41 Å². The Hall–Kier alpha value is -2.84. The van der Waals surface area contributed by atoms with Crippen molar-refractivity contribution in [2.24, 2.45) is 0 Å². The molecule has 86 valence electrons. The van der Waals surface area contributed by atoms with Crippen molar-refractivity contribution in [3.8, 4) is 0 Å². The van der Waals surface area contributed by atoms with Gasteiger partial charge in [0.25, 0.3) is 0 Å². The van der Waals surface area contributed by atoms with E-state index in [4.69, 9.17) is 5.11 Å². The molecule has 0 atom stereocenters. The Morgan fingerprint density at radius 2 is 1.93 bits per heavy atom. The first kappa shape index (κ1) is 12.2. The van der Waals surface area contributed by atoms with Crippen LogP contribution >= 0.6 is 0 Å². The molecule has 0 unspecified atom stereocenters. The van der Waals surface area contributed by atoms with Gasteiger partial charge in [0.15, 0.2) is 0 Å². The summed E-state index contributed by atoms with van der Waals surface area (Å²) in [4.78, 5) is 20.5. The predicted octanol–water partition coefficient (Wildman–Crippen LogP) is 0.470. The smallest absolute Gasteiger partial charge is 0.307 e. The van der Waals surface area contributed by atoms with Crippen LogP contribution < -0.4 is 5.32 Å². The topological polar surface area (TPSA) is 66.4 Å². The number of carbonyl (C=O) groups excluding carboxylic acids is 1. The number of nitrogens with one attached hydrogen (secondary N) is 1. The first-order valence-corrected chi connectivity index (χ1v) is 4.12. The van der Waals surface area contributed by atoms with Crippen LogP contribution in [0.2, 0.25) is 0 Å². The van der Waals surface area contributed by atoms with Crippen molar-refractivity contribution < 1.29 is 14.7 Å². The maximum Gasteiger partial charge on any atom is 0.307 e. The van der Waals surface area contributed by atoms with Gasteiger partial charge < -0.3 is 15.2 Å². The minimum Gasteiger partial charge on any atom is -0.526 e. The van der Waals surface area contributed by atoms with Crippen LogP contribution in [0, 0.1) is 0 Å². The Kier molecular flexibility index (Phi) is 4.66. The van der Waals surface area contributed by atoms with Crippen molar-refractivity contribution in [3.05, 3.63) is 35.4 Å². The molecule has 0 aliphatic rings. The predicted molar refractivity (Wildman–Crippen MR) is 50.3 cm³/mol. The standard InChI is InChI=1S/C10H10NO3.Fm/c12-7-11-6-9-4-2-1-3-8(9)5-10(13)14;/h1-4H,5-6H2,(H,11,12)(H,13,14);/q-1;. The Morgan fingerprint density at radius 1 is 1.33 bits per heavy atom. The van der Waals surface area contributed by atoms with Crippen LogP contribution in [0.4, 0.5) is 0 Å². The van der Waals surface area contributed by atoms with Crippen molar-refractivity contribution in [1.82, 2.24) is 5.32 Å². The van der Waals surface area contributed by atoms with Gasteiger partial charge in [0.05, 0.1) is 6.42 Å². The molecule has 0 spiro atoms. The average molecular weight is 449 g/mol. The van der Waals surface area contributed by atoms with E-state index in [1.54, 1.807) is 30.7 Å². The number of benzene rings is 1. The molecule has 0 aliphatic carbocycles.